The van der Waals surface area contributed by atoms with Gasteiger partial charge in [0.15, 0.2) is 0 Å². The molecule has 1 atom stereocenters. The van der Waals surface area contributed by atoms with Crippen molar-refractivity contribution >= 4 is 18.3 Å². The molecule has 0 spiro atoms. The van der Waals surface area contributed by atoms with Gasteiger partial charge in [-0.05, 0) is 29.5 Å². The highest BCUT2D eigenvalue weighted by atomic mass is 35.5. The molecule has 2 aromatic carbocycles. The third-order valence-electron chi connectivity index (χ3n) is 5.49. The summed E-state index contributed by atoms with van der Waals surface area (Å²) < 4.78 is 5.40. The molecule has 5 heteroatoms. The van der Waals surface area contributed by atoms with Crippen molar-refractivity contribution in [3.05, 3.63) is 71.3 Å². The third kappa shape index (κ3) is 3.50. The summed E-state index contributed by atoms with van der Waals surface area (Å²) in [6.07, 6.45) is 1.19. The molecule has 4 rings (SSSR count). The van der Waals surface area contributed by atoms with Gasteiger partial charge in [-0.3, -0.25) is 4.79 Å². The molecule has 0 radical (unpaired) electrons. The second kappa shape index (κ2) is 7.78. The van der Waals surface area contributed by atoms with Gasteiger partial charge in [-0.1, -0.05) is 54.6 Å². The van der Waals surface area contributed by atoms with Crippen molar-refractivity contribution in [2.75, 3.05) is 19.8 Å². The van der Waals surface area contributed by atoms with Gasteiger partial charge in [0.1, 0.15) is 0 Å². The van der Waals surface area contributed by atoms with Crippen molar-refractivity contribution in [1.29, 1.82) is 0 Å². The summed E-state index contributed by atoms with van der Waals surface area (Å²) in [5.41, 5.74) is 9.45. The number of amides is 1. The molecule has 2 N–H and O–H groups in total. The molecule has 0 saturated carbocycles. The first-order valence-electron chi connectivity index (χ1n) is 8.96. The minimum Gasteiger partial charge on any atom is -0.381 e. The average Bonchev–Trinajstić information content (AvgIpc) is 2.68. The average molecular weight is 373 g/mol. The van der Waals surface area contributed by atoms with Crippen LogP contribution in [0.2, 0.25) is 0 Å². The van der Waals surface area contributed by atoms with E-state index in [0.29, 0.717) is 39.1 Å². The van der Waals surface area contributed by atoms with Crippen LogP contribution >= 0.6 is 12.4 Å². The smallest absolute Gasteiger partial charge is 0.243 e. The molecule has 0 bridgehead atoms. The molecule has 138 valence electrons. The summed E-state index contributed by atoms with van der Waals surface area (Å²) in [5.74, 6) is 0.254. The van der Waals surface area contributed by atoms with E-state index in [4.69, 9.17) is 10.5 Å². The van der Waals surface area contributed by atoms with Gasteiger partial charge >= 0.3 is 0 Å². The van der Waals surface area contributed by atoms with Gasteiger partial charge < -0.3 is 15.4 Å². The number of rotatable bonds is 2. The summed E-state index contributed by atoms with van der Waals surface area (Å²) in [5, 5.41) is 0. The van der Waals surface area contributed by atoms with E-state index in [0.717, 1.165) is 0 Å². The van der Waals surface area contributed by atoms with Crippen molar-refractivity contribution in [3.8, 4) is 0 Å². The number of hydrogen-bond acceptors (Lipinski definition) is 3. The first kappa shape index (κ1) is 18.9. The lowest BCUT2D eigenvalue weighted by molar-refractivity contribution is -0.141. The number of benzene rings is 2. The highest BCUT2D eigenvalue weighted by molar-refractivity contribution is 5.86. The van der Waals surface area contributed by atoms with E-state index in [9.17, 15) is 4.79 Å². The lowest BCUT2D eigenvalue weighted by atomic mass is 9.82. The van der Waals surface area contributed by atoms with Crippen molar-refractivity contribution in [2.24, 2.45) is 5.73 Å². The maximum atomic E-state index is 13.2. The van der Waals surface area contributed by atoms with Crippen molar-refractivity contribution in [1.82, 2.24) is 4.90 Å². The number of ether oxygens (including phenoxy) is 1. The number of nitrogens with two attached hydrogens (primary N) is 1. The largest absolute Gasteiger partial charge is 0.381 e. The SMILES string of the molecule is Cl.NC1(C(=O)N2Cc3ccccc3C(c3ccccc3)C2)CCOCC1. The van der Waals surface area contributed by atoms with Crippen LogP contribution in [0.3, 0.4) is 0 Å². The maximum absolute atomic E-state index is 13.2. The number of carbonyl (C=O) groups is 1. The Hall–Kier alpha value is -1.88. The second-order valence-corrected chi connectivity index (χ2v) is 7.12. The van der Waals surface area contributed by atoms with E-state index in [1.54, 1.807) is 0 Å². The van der Waals surface area contributed by atoms with Crippen LogP contribution in [0.15, 0.2) is 54.6 Å². The predicted molar refractivity (Wildman–Crippen MR) is 104 cm³/mol. The molecule has 1 saturated heterocycles. The highest BCUT2D eigenvalue weighted by Gasteiger charge is 2.41. The van der Waals surface area contributed by atoms with Gasteiger partial charge in [0, 0.05) is 32.2 Å². The number of carbonyl (C=O) groups excluding carboxylic acids is 1. The zero-order valence-corrected chi connectivity index (χ0v) is 15.6. The topological polar surface area (TPSA) is 55.6 Å². The highest BCUT2D eigenvalue weighted by Crippen LogP contribution is 2.35. The number of hydrogen-bond donors (Lipinski definition) is 1. The van der Waals surface area contributed by atoms with Gasteiger partial charge in [0.25, 0.3) is 0 Å². The summed E-state index contributed by atoms with van der Waals surface area (Å²) in [4.78, 5) is 15.2. The maximum Gasteiger partial charge on any atom is 0.243 e. The molecule has 1 fully saturated rings. The van der Waals surface area contributed by atoms with Crippen LogP contribution in [0, 0.1) is 0 Å². The lowest BCUT2D eigenvalue weighted by Gasteiger charge is -2.41. The Morgan fingerprint density at radius 1 is 1.04 bits per heavy atom. The van der Waals surface area contributed by atoms with Gasteiger partial charge in [0.2, 0.25) is 5.91 Å². The van der Waals surface area contributed by atoms with Crippen LogP contribution in [-0.4, -0.2) is 36.1 Å². The number of nitrogens with zero attached hydrogens (tertiary/aromatic N) is 1. The first-order valence-corrected chi connectivity index (χ1v) is 8.96. The fraction of sp³-hybridized carbons (Fsp3) is 0.381. The molecule has 4 nitrogen and oxygen atoms in total. The zero-order chi connectivity index (χ0) is 17.3. The molecule has 2 heterocycles. The van der Waals surface area contributed by atoms with Gasteiger partial charge in [-0.25, -0.2) is 0 Å². The third-order valence-corrected chi connectivity index (χ3v) is 5.49. The van der Waals surface area contributed by atoms with E-state index in [-0.39, 0.29) is 24.2 Å². The monoisotopic (exact) mass is 372 g/mol. The zero-order valence-electron chi connectivity index (χ0n) is 14.8. The van der Waals surface area contributed by atoms with E-state index in [2.05, 4.69) is 42.5 Å². The second-order valence-electron chi connectivity index (χ2n) is 7.12. The van der Waals surface area contributed by atoms with Crippen LogP contribution in [-0.2, 0) is 16.1 Å². The van der Waals surface area contributed by atoms with Crippen molar-refractivity contribution in [3.63, 3.8) is 0 Å². The minimum absolute atomic E-state index is 0. The Kier molecular flexibility index (Phi) is 5.66. The van der Waals surface area contributed by atoms with Gasteiger partial charge in [-0.2, -0.15) is 0 Å². The van der Waals surface area contributed by atoms with Crippen LogP contribution in [0.5, 0.6) is 0 Å². The molecule has 2 aliphatic heterocycles. The Labute approximate surface area is 160 Å². The standard InChI is InChI=1S/C21H24N2O2.ClH/c22-21(10-12-25-13-11-21)20(24)23-14-17-8-4-5-9-18(17)19(15-23)16-6-2-1-3-7-16;/h1-9,19H,10-15,22H2;1H. The van der Waals surface area contributed by atoms with E-state index >= 15 is 0 Å². The van der Waals surface area contributed by atoms with Crippen molar-refractivity contribution in [2.45, 2.75) is 30.8 Å². The molecule has 0 aliphatic carbocycles. The Bertz CT molecular complexity index is 760. The first-order chi connectivity index (χ1) is 12.2. The fourth-order valence-electron chi connectivity index (χ4n) is 4.00. The summed E-state index contributed by atoms with van der Waals surface area (Å²) >= 11 is 0. The normalized spacial score (nSPS) is 21.4. The van der Waals surface area contributed by atoms with Crippen molar-refractivity contribution < 1.29 is 9.53 Å². The Balaban J connectivity index is 0.00000196. The molecular formula is C21H25ClN2O2. The Morgan fingerprint density at radius 3 is 2.42 bits per heavy atom. The number of fused-ring (bicyclic) bond motifs is 1. The lowest BCUT2D eigenvalue weighted by Crippen LogP contribution is -2.59. The van der Waals surface area contributed by atoms with Crippen LogP contribution in [0.1, 0.15) is 35.4 Å². The van der Waals surface area contributed by atoms with E-state index < -0.39 is 5.54 Å². The molecule has 26 heavy (non-hydrogen) atoms. The Morgan fingerprint density at radius 2 is 1.69 bits per heavy atom. The predicted octanol–water partition coefficient (Wildman–Crippen LogP) is 3.09. The molecular weight excluding hydrogens is 348 g/mol. The van der Waals surface area contributed by atoms with Gasteiger partial charge in [0.05, 0.1) is 5.54 Å². The molecule has 2 aliphatic rings. The van der Waals surface area contributed by atoms with E-state index in [1.165, 1.54) is 16.7 Å². The summed E-state index contributed by atoms with van der Waals surface area (Å²) in [6.45, 7) is 2.45. The fourth-order valence-corrected chi connectivity index (χ4v) is 4.00. The minimum atomic E-state index is -0.786. The van der Waals surface area contributed by atoms with Gasteiger partial charge in [-0.15, -0.1) is 12.4 Å². The van der Waals surface area contributed by atoms with Crippen LogP contribution < -0.4 is 5.73 Å². The van der Waals surface area contributed by atoms with Crippen LogP contribution in [0.25, 0.3) is 0 Å². The quantitative estimate of drug-likeness (QED) is 0.881. The summed E-state index contributed by atoms with van der Waals surface area (Å²) in [7, 11) is 0. The van der Waals surface area contributed by atoms with Crippen LogP contribution in [0.4, 0.5) is 0 Å². The number of halogens is 1. The molecule has 0 aromatic heterocycles. The molecule has 2 aromatic rings. The molecule has 1 unspecified atom stereocenters. The summed E-state index contributed by atoms with van der Waals surface area (Å²) in [6, 6.07) is 18.8. The molecule has 1 amide bonds. The van der Waals surface area contributed by atoms with E-state index in [1.807, 2.05) is 17.0 Å².